The van der Waals surface area contributed by atoms with Crippen molar-refractivity contribution in [2.24, 2.45) is 17.8 Å². The van der Waals surface area contributed by atoms with E-state index in [2.05, 4.69) is 31.0 Å². The summed E-state index contributed by atoms with van der Waals surface area (Å²) in [7, 11) is 0. The molecule has 1 aromatic rings. The van der Waals surface area contributed by atoms with Crippen LogP contribution in [0.15, 0.2) is 24.3 Å². The summed E-state index contributed by atoms with van der Waals surface area (Å²) in [4.78, 5) is 15.5. The maximum Gasteiger partial charge on any atom is 0.256 e. The minimum absolute atomic E-state index is 0.0155. The van der Waals surface area contributed by atoms with Crippen LogP contribution in [0.4, 0.5) is 5.69 Å². The van der Waals surface area contributed by atoms with E-state index in [1.165, 1.54) is 19.5 Å². The fourth-order valence-electron chi connectivity index (χ4n) is 5.09. The highest BCUT2D eigenvalue weighted by molar-refractivity contribution is 5.97. The van der Waals surface area contributed by atoms with E-state index in [1.54, 1.807) is 0 Å². The molecule has 1 N–H and O–H groups in total. The first-order valence-electron chi connectivity index (χ1n) is 11.8. The zero-order valence-electron chi connectivity index (χ0n) is 19.3. The number of ether oxygens (including phenoxy) is 2. The number of hydrogen-bond donors (Lipinski definition) is 1. The third-order valence-electron chi connectivity index (χ3n) is 6.65. The quantitative estimate of drug-likeness (QED) is 0.650. The number of nitrogens with one attached hydrogen (secondary N) is 1. The number of rotatable bonds is 8. The lowest BCUT2D eigenvalue weighted by Crippen LogP contribution is -2.48. The molecule has 5 nitrogen and oxygen atoms in total. The lowest BCUT2D eigenvalue weighted by atomic mass is 9.78. The molecule has 5 heteroatoms. The van der Waals surface area contributed by atoms with Crippen LogP contribution in [-0.4, -0.2) is 49.3 Å². The fraction of sp³-hybridized carbons (Fsp3) is 0.720. The van der Waals surface area contributed by atoms with Crippen LogP contribution < -0.4 is 10.1 Å². The van der Waals surface area contributed by atoms with Crippen molar-refractivity contribution in [3.05, 3.63) is 24.3 Å². The summed E-state index contributed by atoms with van der Waals surface area (Å²) in [6.45, 7) is 13.4. The molecule has 0 aromatic heterocycles. The van der Waals surface area contributed by atoms with Crippen molar-refractivity contribution in [1.29, 1.82) is 0 Å². The number of anilines is 1. The smallest absolute Gasteiger partial charge is 0.256 e. The summed E-state index contributed by atoms with van der Waals surface area (Å²) in [6, 6.07) is 7.72. The zero-order valence-corrected chi connectivity index (χ0v) is 19.3. The number of amides is 1. The number of likely N-dealkylation sites (tertiary alicyclic amines) is 1. The minimum Gasteiger partial charge on any atom is -0.492 e. The van der Waals surface area contributed by atoms with Crippen LogP contribution in [0, 0.1) is 17.8 Å². The summed E-state index contributed by atoms with van der Waals surface area (Å²) >= 11 is 0. The lowest BCUT2D eigenvalue weighted by Gasteiger charge is -2.37. The van der Waals surface area contributed by atoms with E-state index >= 15 is 0 Å². The van der Waals surface area contributed by atoms with Crippen molar-refractivity contribution in [2.45, 2.75) is 65.4 Å². The lowest BCUT2D eigenvalue weighted by molar-refractivity contribution is -0.146. The molecule has 1 saturated heterocycles. The number of piperidine rings is 1. The molecule has 1 saturated carbocycles. The van der Waals surface area contributed by atoms with Crippen molar-refractivity contribution in [2.75, 3.05) is 38.2 Å². The van der Waals surface area contributed by atoms with Gasteiger partial charge in [-0.1, -0.05) is 20.8 Å². The second-order valence-electron chi connectivity index (χ2n) is 9.64. The highest BCUT2D eigenvalue weighted by Crippen LogP contribution is 2.36. The Hall–Kier alpha value is -1.59. The Kier molecular flexibility index (Phi) is 8.18. The largest absolute Gasteiger partial charge is 0.492 e. The molecule has 2 aliphatic rings. The topological polar surface area (TPSA) is 50.8 Å². The van der Waals surface area contributed by atoms with Gasteiger partial charge in [-0.05, 0) is 81.0 Å². The second-order valence-corrected chi connectivity index (χ2v) is 9.64. The molecule has 2 fully saturated rings. The van der Waals surface area contributed by atoms with Crippen molar-refractivity contribution in [3.63, 3.8) is 0 Å². The first-order chi connectivity index (χ1) is 14.4. The van der Waals surface area contributed by atoms with E-state index in [4.69, 9.17) is 9.47 Å². The Morgan fingerprint density at radius 3 is 2.30 bits per heavy atom. The number of carbonyl (C=O) groups excluding carboxylic acids is 1. The van der Waals surface area contributed by atoms with E-state index in [1.807, 2.05) is 31.2 Å². The molecule has 3 rings (SSSR count). The summed E-state index contributed by atoms with van der Waals surface area (Å²) in [5, 5.41) is 3.07. The van der Waals surface area contributed by atoms with Crippen LogP contribution >= 0.6 is 0 Å². The molecular weight excluding hydrogens is 376 g/mol. The van der Waals surface area contributed by atoms with E-state index < -0.39 is 5.60 Å². The van der Waals surface area contributed by atoms with E-state index in [0.717, 1.165) is 55.5 Å². The molecule has 1 aliphatic heterocycles. The molecule has 168 valence electrons. The number of carbonyl (C=O) groups is 1. The molecule has 1 heterocycles. The Balaban J connectivity index is 1.48. The van der Waals surface area contributed by atoms with Crippen LogP contribution in [0.5, 0.6) is 5.75 Å². The normalized spacial score (nSPS) is 30.1. The molecular formula is C25H40N2O3. The van der Waals surface area contributed by atoms with Crippen molar-refractivity contribution < 1.29 is 14.3 Å². The predicted octanol–water partition coefficient (Wildman–Crippen LogP) is 4.97. The summed E-state index contributed by atoms with van der Waals surface area (Å²) < 4.78 is 11.9. The SMILES string of the molecule is CCOC1(C(=O)Nc2ccc(OCCN3C[C@H](C)C[C@H](C)C3)cc2)CCC(C)CC1. The highest BCUT2D eigenvalue weighted by atomic mass is 16.5. The summed E-state index contributed by atoms with van der Waals surface area (Å²) in [6.07, 6.45) is 4.99. The summed E-state index contributed by atoms with van der Waals surface area (Å²) in [5.74, 6) is 3.03. The van der Waals surface area contributed by atoms with Crippen LogP contribution in [0.3, 0.4) is 0 Å². The molecule has 0 spiro atoms. The number of nitrogens with zero attached hydrogens (tertiary/aromatic N) is 1. The average Bonchev–Trinajstić information content (AvgIpc) is 2.70. The fourth-order valence-corrected chi connectivity index (χ4v) is 5.09. The Bertz CT molecular complexity index is 657. The number of benzene rings is 1. The van der Waals surface area contributed by atoms with Gasteiger partial charge in [0.25, 0.3) is 5.91 Å². The van der Waals surface area contributed by atoms with Gasteiger partial charge in [0.05, 0.1) is 0 Å². The average molecular weight is 417 g/mol. The van der Waals surface area contributed by atoms with E-state index in [9.17, 15) is 4.79 Å². The third kappa shape index (κ3) is 6.21. The number of hydrogen-bond acceptors (Lipinski definition) is 4. The molecule has 1 aromatic carbocycles. The molecule has 0 radical (unpaired) electrons. The van der Waals surface area contributed by atoms with Gasteiger partial charge in [0, 0.05) is 31.9 Å². The van der Waals surface area contributed by atoms with Gasteiger partial charge in [0.2, 0.25) is 0 Å². The van der Waals surface area contributed by atoms with Gasteiger partial charge in [-0.25, -0.2) is 0 Å². The van der Waals surface area contributed by atoms with Crippen LogP contribution in [0.25, 0.3) is 0 Å². The van der Waals surface area contributed by atoms with Crippen LogP contribution in [-0.2, 0) is 9.53 Å². The van der Waals surface area contributed by atoms with Gasteiger partial charge in [0.1, 0.15) is 18.0 Å². The highest BCUT2D eigenvalue weighted by Gasteiger charge is 2.41. The predicted molar refractivity (Wildman–Crippen MR) is 122 cm³/mol. The van der Waals surface area contributed by atoms with E-state index in [-0.39, 0.29) is 5.91 Å². The van der Waals surface area contributed by atoms with Gasteiger partial charge >= 0.3 is 0 Å². The molecule has 0 unspecified atom stereocenters. The van der Waals surface area contributed by atoms with Gasteiger partial charge in [0.15, 0.2) is 0 Å². The Labute approximate surface area is 182 Å². The van der Waals surface area contributed by atoms with Crippen molar-refractivity contribution >= 4 is 11.6 Å². The Morgan fingerprint density at radius 2 is 1.70 bits per heavy atom. The van der Waals surface area contributed by atoms with Crippen LogP contribution in [0.2, 0.25) is 0 Å². The zero-order chi connectivity index (χ0) is 21.6. The maximum absolute atomic E-state index is 13.0. The van der Waals surface area contributed by atoms with Crippen molar-refractivity contribution in [1.82, 2.24) is 4.90 Å². The van der Waals surface area contributed by atoms with Crippen molar-refractivity contribution in [3.8, 4) is 5.75 Å². The Morgan fingerprint density at radius 1 is 1.07 bits per heavy atom. The standard InChI is InChI=1S/C25H40N2O3/c1-5-30-25(12-10-19(2)11-13-25)24(28)26-22-6-8-23(9-7-22)29-15-14-27-17-20(3)16-21(4)18-27/h6-9,19-21H,5,10-18H2,1-4H3,(H,26,28)/t19?,20-,21+,25?. The molecule has 30 heavy (non-hydrogen) atoms. The van der Waals surface area contributed by atoms with Gasteiger partial charge < -0.3 is 14.8 Å². The van der Waals surface area contributed by atoms with Crippen LogP contribution in [0.1, 0.15) is 59.8 Å². The van der Waals surface area contributed by atoms with E-state index in [0.29, 0.717) is 19.1 Å². The minimum atomic E-state index is -0.681. The molecule has 1 amide bonds. The molecule has 2 atom stereocenters. The first kappa shape index (κ1) is 23.1. The first-order valence-corrected chi connectivity index (χ1v) is 11.8. The third-order valence-corrected chi connectivity index (χ3v) is 6.65. The van der Waals surface area contributed by atoms with Gasteiger partial charge in [-0.2, -0.15) is 0 Å². The van der Waals surface area contributed by atoms with Gasteiger partial charge in [-0.3, -0.25) is 9.69 Å². The monoisotopic (exact) mass is 416 g/mol. The summed E-state index contributed by atoms with van der Waals surface area (Å²) in [5.41, 5.74) is 0.114. The maximum atomic E-state index is 13.0. The van der Waals surface area contributed by atoms with Gasteiger partial charge in [-0.15, -0.1) is 0 Å². The molecule has 0 bridgehead atoms. The molecule has 1 aliphatic carbocycles. The second kappa shape index (κ2) is 10.6.